The number of phenols is 1. The molecule has 0 saturated heterocycles. The van der Waals surface area contributed by atoms with E-state index in [1.54, 1.807) is 18.3 Å². The second kappa shape index (κ2) is 4.12. The summed E-state index contributed by atoms with van der Waals surface area (Å²) >= 11 is 0. The number of nitrogens with one attached hydrogen (secondary N) is 1. The van der Waals surface area contributed by atoms with Crippen LogP contribution in [0.5, 0.6) is 5.75 Å². The maximum absolute atomic E-state index is 10.9. The van der Waals surface area contributed by atoms with Crippen molar-refractivity contribution in [3.63, 3.8) is 0 Å². The first-order valence-corrected chi connectivity index (χ1v) is 3.68. The molecule has 0 fully saturated rings. The minimum Gasteiger partial charge on any atom is -0.508 e. The third-order valence-electron chi connectivity index (χ3n) is 1.47. The van der Waals surface area contributed by atoms with Gasteiger partial charge in [0.2, 0.25) is 5.91 Å². The Labute approximate surface area is 75.4 Å². The fraction of sp³-hybridized carbons (Fsp3) is 0.111. The molecule has 0 heterocycles. The zero-order valence-electron chi connectivity index (χ0n) is 6.82. The van der Waals surface area contributed by atoms with Gasteiger partial charge in [0.15, 0.2) is 6.19 Å². The lowest BCUT2D eigenvalue weighted by Crippen LogP contribution is -2.19. The first-order valence-electron chi connectivity index (χ1n) is 3.68. The van der Waals surface area contributed by atoms with Crippen molar-refractivity contribution in [1.29, 1.82) is 5.26 Å². The number of hydrogen-bond acceptors (Lipinski definition) is 3. The molecule has 0 saturated carbocycles. The van der Waals surface area contributed by atoms with Crippen LogP contribution in [0.15, 0.2) is 24.3 Å². The largest absolute Gasteiger partial charge is 0.508 e. The fourth-order valence-corrected chi connectivity index (χ4v) is 0.958. The number of benzene rings is 1. The third kappa shape index (κ3) is 2.83. The number of nitriles is 1. The third-order valence-corrected chi connectivity index (χ3v) is 1.47. The van der Waals surface area contributed by atoms with E-state index in [0.29, 0.717) is 5.56 Å². The van der Waals surface area contributed by atoms with Crippen LogP contribution in [0.2, 0.25) is 0 Å². The topological polar surface area (TPSA) is 73.1 Å². The molecule has 1 amide bonds. The van der Waals surface area contributed by atoms with E-state index in [1.807, 2.05) is 5.32 Å². The Morgan fingerprint density at radius 1 is 1.62 bits per heavy atom. The van der Waals surface area contributed by atoms with Gasteiger partial charge in [-0.2, -0.15) is 5.26 Å². The number of hydrogen-bond donors (Lipinski definition) is 2. The monoisotopic (exact) mass is 176 g/mol. The van der Waals surface area contributed by atoms with Gasteiger partial charge < -0.3 is 5.11 Å². The highest BCUT2D eigenvalue weighted by Crippen LogP contribution is 2.10. The van der Waals surface area contributed by atoms with Gasteiger partial charge in [0, 0.05) is 0 Å². The Balaban J connectivity index is 2.65. The van der Waals surface area contributed by atoms with Crippen LogP contribution in [-0.2, 0) is 11.2 Å². The van der Waals surface area contributed by atoms with Crippen molar-refractivity contribution in [2.24, 2.45) is 0 Å². The van der Waals surface area contributed by atoms with Gasteiger partial charge in [-0.05, 0) is 17.7 Å². The highest BCUT2D eigenvalue weighted by atomic mass is 16.3. The summed E-state index contributed by atoms with van der Waals surface area (Å²) < 4.78 is 0. The molecule has 0 radical (unpaired) electrons. The highest BCUT2D eigenvalue weighted by molar-refractivity contribution is 5.79. The van der Waals surface area contributed by atoms with Crippen molar-refractivity contribution in [3.05, 3.63) is 29.8 Å². The Kier molecular flexibility index (Phi) is 2.87. The lowest BCUT2D eigenvalue weighted by molar-refractivity contribution is -0.119. The van der Waals surface area contributed by atoms with Crippen LogP contribution in [-0.4, -0.2) is 11.0 Å². The molecule has 0 aliphatic rings. The van der Waals surface area contributed by atoms with E-state index < -0.39 is 0 Å². The summed E-state index contributed by atoms with van der Waals surface area (Å²) in [5.41, 5.74) is 0.674. The van der Waals surface area contributed by atoms with Crippen molar-refractivity contribution >= 4 is 5.91 Å². The summed E-state index contributed by atoms with van der Waals surface area (Å²) in [6.07, 6.45) is 1.64. The Bertz CT molecular complexity index is 355. The van der Waals surface area contributed by atoms with Crippen LogP contribution in [0, 0.1) is 11.5 Å². The second-order valence-corrected chi connectivity index (χ2v) is 2.51. The summed E-state index contributed by atoms with van der Waals surface area (Å²) in [4.78, 5) is 10.9. The van der Waals surface area contributed by atoms with Gasteiger partial charge in [0.05, 0.1) is 6.42 Å². The molecule has 4 heteroatoms. The molecule has 2 N–H and O–H groups in total. The first kappa shape index (κ1) is 9.07. The molecule has 1 aromatic carbocycles. The summed E-state index contributed by atoms with van der Waals surface area (Å²) in [5.74, 6) is -0.268. The van der Waals surface area contributed by atoms with Gasteiger partial charge in [-0.15, -0.1) is 0 Å². The number of aromatic hydroxyl groups is 1. The van der Waals surface area contributed by atoms with E-state index in [2.05, 4.69) is 0 Å². The molecule has 1 rings (SSSR count). The van der Waals surface area contributed by atoms with Gasteiger partial charge in [0.25, 0.3) is 0 Å². The molecule has 0 atom stereocenters. The predicted molar refractivity (Wildman–Crippen MR) is 45.6 cm³/mol. The van der Waals surface area contributed by atoms with Gasteiger partial charge in [0.1, 0.15) is 5.75 Å². The van der Waals surface area contributed by atoms with Crippen LogP contribution in [0.25, 0.3) is 0 Å². The van der Waals surface area contributed by atoms with Gasteiger partial charge in [-0.25, -0.2) is 0 Å². The van der Waals surface area contributed by atoms with Crippen LogP contribution in [0.3, 0.4) is 0 Å². The Morgan fingerprint density at radius 3 is 3.00 bits per heavy atom. The van der Waals surface area contributed by atoms with E-state index in [0.717, 1.165) is 0 Å². The molecule has 13 heavy (non-hydrogen) atoms. The van der Waals surface area contributed by atoms with Crippen LogP contribution >= 0.6 is 0 Å². The van der Waals surface area contributed by atoms with Crippen LogP contribution < -0.4 is 5.32 Å². The molecular weight excluding hydrogens is 168 g/mol. The van der Waals surface area contributed by atoms with Crippen LogP contribution in [0.4, 0.5) is 0 Å². The number of amides is 1. The number of carbonyl (C=O) groups excluding carboxylic acids is 1. The summed E-state index contributed by atoms with van der Waals surface area (Å²) in [7, 11) is 0. The minimum absolute atomic E-state index is 0.0992. The number of phenolic OH excluding ortho intramolecular Hbond substituents is 1. The number of rotatable bonds is 2. The number of carbonyl (C=O) groups is 1. The standard InChI is InChI=1S/C9H8N2O2/c10-6-11-9(13)5-7-2-1-3-8(12)4-7/h1-4,12H,5H2,(H,11,13). The predicted octanol–water partition coefficient (Wildman–Crippen LogP) is 0.532. The maximum atomic E-state index is 10.9. The van der Waals surface area contributed by atoms with Gasteiger partial charge in [-0.3, -0.25) is 10.1 Å². The van der Waals surface area contributed by atoms with Gasteiger partial charge >= 0.3 is 0 Å². The maximum Gasteiger partial charge on any atom is 0.237 e. The van der Waals surface area contributed by atoms with Crippen molar-refractivity contribution in [2.45, 2.75) is 6.42 Å². The van der Waals surface area contributed by atoms with E-state index in [9.17, 15) is 4.79 Å². The fourth-order valence-electron chi connectivity index (χ4n) is 0.958. The molecule has 66 valence electrons. The average Bonchev–Trinajstić information content (AvgIpc) is 2.04. The molecule has 1 aromatic rings. The average molecular weight is 176 g/mol. The molecule has 0 unspecified atom stereocenters. The summed E-state index contributed by atoms with van der Waals surface area (Å²) in [6.45, 7) is 0. The second-order valence-electron chi connectivity index (χ2n) is 2.51. The van der Waals surface area contributed by atoms with Crippen LogP contribution in [0.1, 0.15) is 5.56 Å². The summed E-state index contributed by atoms with van der Waals surface area (Å²) in [6, 6.07) is 6.35. The van der Waals surface area contributed by atoms with E-state index in [4.69, 9.17) is 10.4 Å². The van der Waals surface area contributed by atoms with Crippen molar-refractivity contribution in [1.82, 2.24) is 5.32 Å². The smallest absolute Gasteiger partial charge is 0.237 e. The zero-order valence-corrected chi connectivity index (χ0v) is 6.82. The lowest BCUT2D eigenvalue weighted by Gasteiger charge is -1.98. The van der Waals surface area contributed by atoms with Gasteiger partial charge in [-0.1, -0.05) is 12.1 Å². The lowest BCUT2D eigenvalue weighted by atomic mass is 10.1. The van der Waals surface area contributed by atoms with E-state index in [-0.39, 0.29) is 18.1 Å². The molecule has 0 spiro atoms. The normalized spacial score (nSPS) is 8.85. The zero-order chi connectivity index (χ0) is 9.68. The highest BCUT2D eigenvalue weighted by Gasteiger charge is 2.01. The quantitative estimate of drug-likeness (QED) is 0.510. The van der Waals surface area contributed by atoms with Crippen molar-refractivity contribution in [3.8, 4) is 11.9 Å². The molecule has 0 aliphatic carbocycles. The SMILES string of the molecule is N#CNC(=O)Cc1cccc(O)c1. The first-order chi connectivity index (χ1) is 6.22. The molecule has 0 aliphatic heterocycles. The Hall–Kier alpha value is -2.02. The molecule has 0 aromatic heterocycles. The molecule has 4 nitrogen and oxygen atoms in total. The molecule has 0 bridgehead atoms. The minimum atomic E-state index is -0.381. The molecular formula is C9H8N2O2. The number of nitrogens with zero attached hydrogens (tertiary/aromatic N) is 1. The Morgan fingerprint density at radius 2 is 2.38 bits per heavy atom. The van der Waals surface area contributed by atoms with Crippen molar-refractivity contribution in [2.75, 3.05) is 0 Å². The summed E-state index contributed by atoms with van der Waals surface area (Å²) in [5, 5.41) is 19.2. The van der Waals surface area contributed by atoms with Crippen molar-refractivity contribution < 1.29 is 9.90 Å². The van der Waals surface area contributed by atoms with E-state index >= 15 is 0 Å². The van der Waals surface area contributed by atoms with E-state index in [1.165, 1.54) is 12.1 Å².